The van der Waals surface area contributed by atoms with Crippen LogP contribution < -0.4 is 10.5 Å². The summed E-state index contributed by atoms with van der Waals surface area (Å²) in [5.74, 6) is 0.423. The molecule has 0 radical (unpaired) electrons. The smallest absolute Gasteiger partial charge is 0.260 e. The summed E-state index contributed by atoms with van der Waals surface area (Å²) in [5, 5.41) is 0. The predicted octanol–water partition coefficient (Wildman–Crippen LogP) is -0.249. The van der Waals surface area contributed by atoms with Crippen LogP contribution in [0.25, 0.3) is 0 Å². The molecule has 116 valence electrons. The van der Waals surface area contributed by atoms with Crippen LogP contribution in [0.5, 0.6) is 5.75 Å². The first kappa shape index (κ1) is 15.6. The van der Waals surface area contributed by atoms with E-state index in [1.807, 2.05) is 0 Å². The number of carbonyl (C=O) groups excluding carboxylic acids is 1. The van der Waals surface area contributed by atoms with Crippen molar-refractivity contribution in [2.45, 2.75) is 0 Å². The van der Waals surface area contributed by atoms with Gasteiger partial charge in [0.05, 0.1) is 6.26 Å². The Bertz CT molecular complexity index is 592. The maximum absolute atomic E-state index is 12.0. The van der Waals surface area contributed by atoms with Crippen LogP contribution in [0.1, 0.15) is 0 Å². The molecule has 7 nitrogen and oxygen atoms in total. The van der Waals surface area contributed by atoms with Gasteiger partial charge < -0.3 is 15.4 Å². The molecule has 1 saturated heterocycles. The highest BCUT2D eigenvalue weighted by Gasteiger charge is 2.26. The summed E-state index contributed by atoms with van der Waals surface area (Å²) in [6.45, 7) is 1.36. The zero-order chi connectivity index (χ0) is 15.5. The van der Waals surface area contributed by atoms with E-state index in [-0.39, 0.29) is 12.5 Å². The van der Waals surface area contributed by atoms with Crippen LogP contribution in [-0.4, -0.2) is 62.6 Å². The standard InChI is InChI=1S/C13H19N3O4S/c1-21(18,19)16-8-6-15(7-9-16)13(17)10-20-12-4-2-11(14)3-5-12/h2-5H,6-10,14H2,1H3. The maximum atomic E-state index is 12.0. The van der Waals surface area contributed by atoms with Crippen LogP contribution in [0, 0.1) is 0 Å². The molecule has 1 heterocycles. The SMILES string of the molecule is CS(=O)(=O)N1CCN(C(=O)COc2ccc(N)cc2)CC1. The number of sulfonamides is 1. The lowest BCUT2D eigenvalue weighted by Crippen LogP contribution is -2.51. The second kappa shape index (κ2) is 6.31. The minimum absolute atomic E-state index is 0.0667. The summed E-state index contributed by atoms with van der Waals surface area (Å²) < 4.78 is 29.5. The normalized spacial score (nSPS) is 16.7. The van der Waals surface area contributed by atoms with E-state index in [0.717, 1.165) is 0 Å². The third-order valence-electron chi connectivity index (χ3n) is 3.30. The van der Waals surface area contributed by atoms with E-state index in [0.29, 0.717) is 37.6 Å². The van der Waals surface area contributed by atoms with Gasteiger partial charge in [-0.2, -0.15) is 4.31 Å². The van der Waals surface area contributed by atoms with E-state index in [1.165, 1.54) is 10.6 Å². The van der Waals surface area contributed by atoms with Gasteiger partial charge in [-0.1, -0.05) is 0 Å². The van der Waals surface area contributed by atoms with Gasteiger partial charge in [0.2, 0.25) is 10.0 Å². The summed E-state index contributed by atoms with van der Waals surface area (Å²) in [5.41, 5.74) is 6.19. The van der Waals surface area contributed by atoms with Crippen molar-refractivity contribution in [2.24, 2.45) is 0 Å². The largest absolute Gasteiger partial charge is 0.484 e. The van der Waals surface area contributed by atoms with Crippen LogP contribution in [0.3, 0.4) is 0 Å². The third kappa shape index (κ3) is 4.33. The molecule has 0 bridgehead atoms. The van der Waals surface area contributed by atoms with Gasteiger partial charge in [-0.25, -0.2) is 8.42 Å². The summed E-state index contributed by atoms with van der Waals surface area (Å²) in [7, 11) is -3.18. The summed E-state index contributed by atoms with van der Waals surface area (Å²) in [4.78, 5) is 13.6. The number of ether oxygens (including phenoxy) is 1. The Morgan fingerprint density at radius 2 is 1.76 bits per heavy atom. The fourth-order valence-electron chi connectivity index (χ4n) is 2.07. The van der Waals surface area contributed by atoms with Crippen molar-refractivity contribution in [2.75, 3.05) is 44.8 Å². The van der Waals surface area contributed by atoms with E-state index in [1.54, 1.807) is 29.2 Å². The molecule has 2 N–H and O–H groups in total. The predicted molar refractivity (Wildman–Crippen MR) is 79.3 cm³/mol. The van der Waals surface area contributed by atoms with Crippen molar-refractivity contribution in [3.63, 3.8) is 0 Å². The van der Waals surface area contributed by atoms with Gasteiger partial charge >= 0.3 is 0 Å². The van der Waals surface area contributed by atoms with Crippen molar-refractivity contribution < 1.29 is 17.9 Å². The molecule has 0 unspecified atom stereocenters. The van der Waals surface area contributed by atoms with Crippen molar-refractivity contribution in [3.8, 4) is 5.75 Å². The van der Waals surface area contributed by atoms with Crippen LogP contribution in [-0.2, 0) is 14.8 Å². The molecule has 0 aromatic heterocycles. The number of hydrogen-bond donors (Lipinski definition) is 1. The minimum Gasteiger partial charge on any atom is -0.484 e. The van der Waals surface area contributed by atoms with Gasteiger partial charge in [0.1, 0.15) is 5.75 Å². The average molecular weight is 313 g/mol. The highest BCUT2D eigenvalue weighted by atomic mass is 32.2. The molecule has 8 heteroatoms. The Morgan fingerprint density at radius 3 is 2.29 bits per heavy atom. The molecule has 0 saturated carbocycles. The van der Waals surface area contributed by atoms with Gasteiger partial charge in [-0.3, -0.25) is 4.79 Å². The van der Waals surface area contributed by atoms with Crippen molar-refractivity contribution in [1.29, 1.82) is 0 Å². The summed E-state index contributed by atoms with van der Waals surface area (Å²) in [6, 6.07) is 6.80. The molecule has 1 aliphatic rings. The topological polar surface area (TPSA) is 92.9 Å². The monoisotopic (exact) mass is 313 g/mol. The van der Waals surface area contributed by atoms with E-state index >= 15 is 0 Å². The number of anilines is 1. The molecular formula is C13H19N3O4S. The van der Waals surface area contributed by atoms with Crippen molar-refractivity contribution in [1.82, 2.24) is 9.21 Å². The number of nitrogens with zero attached hydrogens (tertiary/aromatic N) is 2. The van der Waals surface area contributed by atoms with Gasteiger partial charge in [-0.05, 0) is 24.3 Å². The van der Waals surface area contributed by atoms with Crippen molar-refractivity contribution >= 4 is 21.6 Å². The fourth-order valence-corrected chi connectivity index (χ4v) is 2.90. The van der Waals surface area contributed by atoms with Crippen LogP contribution in [0.4, 0.5) is 5.69 Å². The molecule has 21 heavy (non-hydrogen) atoms. The molecule has 1 aliphatic heterocycles. The van der Waals surface area contributed by atoms with Crippen LogP contribution in [0.15, 0.2) is 24.3 Å². The van der Waals surface area contributed by atoms with E-state index in [2.05, 4.69) is 0 Å². The van der Waals surface area contributed by atoms with E-state index in [4.69, 9.17) is 10.5 Å². The third-order valence-corrected chi connectivity index (χ3v) is 4.61. The van der Waals surface area contributed by atoms with E-state index in [9.17, 15) is 13.2 Å². The number of amides is 1. The lowest BCUT2D eigenvalue weighted by molar-refractivity contribution is -0.134. The summed E-state index contributed by atoms with van der Waals surface area (Å²) >= 11 is 0. The van der Waals surface area contributed by atoms with E-state index < -0.39 is 10.0 Å². The molecule has 1 fully saturated rings. The molecule has 1 aromatic rings. The number of rotatable bonds is 4. The van der Waals surface area contributed by atoms with Gasteiger partial charge in [-0.15, -0.1) is 0 Å². The zero-order valence-corrected chi connectivity index (χ0v) is 12.7. The number of carbonyl (C=O) groups is 1. The van der Waals surface area contributed by atoms with Crippen LogP contribution >= 0.6 is 0 Å². The molecule has 0 spiro atoms. The number of nitrogen functional groups attached to an aromatic ring is 1. The molecule has 0 atom stereocenters. The first-order chi connectivity index (χ1) is 9.86. The highest BCUT2D eigenvalue weighted by Crippen LogP contribution is 2.13. The average Bonchev–Trinajstić information content (AvgIpc) is 2.45. The zero-order valence-electron chi connectivity index (χ0n) is 11.9. The molecule has 2 rings (SSSR count). The van der Waals surface area contributed by atoms with Crippen molar-refractivity contribution in [3.05, 3.63) is 24.3 Å². The number of piperazine rings is 1. The van der Waals surface area contributed by atoms with Gasteiger partial charge in [0, 0.05) is 31.9 Å². The second-order valence-corrected chi connectivity index (χ2v) is 6.88. The number of hydrogen-bond acceptors (Lipinski definition) is 5. The van der Waals surface area contributed by atoms with Gasteiger partial charge in [0.25, 0.3) is 5.91 Å². The Hall–Kier alpha value is -1.80. The maximum Gasteiger partial charge on any atom is 0.260 e. The molecule has 1 aromatic carbocycles. The number of nitrogens with two attached hydrogens (primary N) is 1. The second-order valence-electron chi connectivity index (χ2n) is 4.90. The fraction of sp³-hybridized carbons (Fsp3) is 0.462. The Morgan fingerprint density at radius 1 is 1.19 bits per heavy atom. The van der Waals surface area contributed by atoms with Crippen LogP contribution in [0.2, 0.25) is 0 Å². The quantitative estimate of drug-likeness (QED) is 0.774. The first-order valence-electron chi connectivity index (χ1n) is 6.57. The lowest BCUT2D eigenvalue weighted by atomic mass is 10.3. The minimum atomic E-state index is -3.18. The molecular weight excluding hydrogens is 294 g/mol. The number of benzene rings is 1. The lowest BCUT2D eigenvalue weighted by Gasteiger charge is -2.33. The van der Waals surface area contributed by atoms with Gasteiger partial charge in [0.15, 0.2) is 6.61 Å². The highest BCUT2D eigenvalue weighted by molar-refractivity contribution is 7.88. The Kier molecular flexibility index (Phi) is 4.69. The Balaban J connectivity index is 1.81. The summed E-state index contributed by atoms with van der Waals surface area (Å²) in [6.07, 6.45) is 1.18. The molecule has 0 aliphatic carbocycles. The Labute approximate surface area is 124 Å². The molecule has 1 amide bonds. The first-order valence-corrected chi connectivity index (χ1v) is 8.42.